The molecule has 17 heavy (non-hydrogen) atoms. The zero-order valence-corrected chi connectivity index (χ0v) is 11.0. The quantitative estimate of drug-likeness (QED) is 0.844. The van der Waals surface area contributed by atoms with Crippen LogP contribution in [0.25, 0.3) is 0 Å². The van der Waals surface area contributed by atoms with E-state index in [0.29, 0.717) is 6.04 Å². The maximum atomic E-state index is 5.57. The van der Waals surface area contributed by atoms with Crippen LogP contribution >= 0.6 is 0 Å². The Balaban J connectivity index is 2.04. The number of aryl methyl sites for hydroxylation is 1. The van der Waals surface area contributed by atoms with Gasteiger partial charge in [-0.15, -0.1) is 0 Å². The van der Waals surface area contributed by atoms with Gasteiger partial charge in [-0.2, -0.15) is 0 Å². The Hall–Kier alpha value is -1.02. The highest BCUT2D eigenvalue weighted by Crippen LogP contribution is 2.25. The summed E-state index contributed by atoms with van der Waals surface area (Å²) in [6.07, 6.45) is 4.82. The van der Waals surface area contributed by atoms with Crippen molar-refractivity contribution in [3.05, 3.63) is 29.3 Å². The van der Waals surface area contributed by atoms with Crippen LogP contribution in [0.4, 0.5) is 0 Å². The summed E-state index contributed by atoms with van der Waals surface area (Å²) < 4.78 is 5.57. The van der Waals surface area contributed by atoms with E-state index in [1.807, 2.05) is 6.92 Å². The fourth-order valence-corrected chi connectivity index (χ4v) is 2.51. The number of hydrogen-bond acceptors (Lipinski definition) is 2. The van der Waals surface area contributed by atoms with Crippen LogP contribution in [0.15, 0.2) is 18.2 Å². The fraction of sp³-hybridized carbons (Fsp3) is 0.600. The molecule has 2 rings (SSSR count). The SMILES string of the molecule is CCCNC1CCc2ccc(OCC)cc2C1. The lowest BCUT2D eigenvalue weighted by atomic mass is 9.88. The molecule has 1 aromatic rings. The van der Waals surface area contributed by atoms with Crippen molar-refractivity contribution < 1.29 is 4.74 Å². The minimum absolute atomic E-state index is 0.652. The number of rotatable bonds is 5. The second kappa shape index (κ2) is 6.06. The molecule has 0 fully saturated rings. The predicted octanol–water partition coefficient (Wildman–Crippen LogP) is 2.94. The molecule has 1 aliphatic carbocycles. The third kappa shape index (κ3) is 3.22. The molecule has 0 aliphatic heterocycles. The maximum Gasteiger partial charge on any atom is 0.119 e. The minimum atomic E-state index is 0.652. The van der Waals surface area contributed by atoms with Crippen molar-refractivity contribution in [3.8, 4) is 5.75 Å². The van der Waals surface area contributed by atoms with Crippen LogP contribution in [0.1, 0.15) is 37.8 Å². The Morgan fingerprint density at radius 2 is 2.18 bits per heavy atom. The predicted molar refractivity (Wildman–Crippen MR) is 71.7 cm³/mol. The summed E-state index contributed by atoms with van der Waals surface area (Å²) in [6.45, 7) is 6.13. The van der Waals surface area contributed by atoms with E-state index in [-0.39, 0.29) is 0 Å². The molecule has 1 atom stereocenters. The minimum Gasteiger partial charge on any atom is -0.494 e. The summed E-state index contributed by atoms with van der Waals surface area (Å²) in [5, 5.41) is 3.62. The van der Waals surface area contributed by atoms with Crippen molar-refractivity contribution in [3.63, 3.8) is 0 Å². The molecule has 2 heteroatoms. The zero-order chi connectivity index (χ0) is 12.1. The summed E-state index contributed by atoms with van der Waals surface area (Å²) in [5.74, 6) is 1.02. The van der Waals surface area contributed by atoms with E-state index in [1.165, 1.54) is 30.4 Å². The topological polar surface area (TPSA) is 21.3 Å². The van der Waals surface area contributed by atoms with Crippen molar-refractivity contribution in [1.82, 2.24) is 5.32 Å². The van der Waals surface area contributed by atoms with Gasteiger partial charge in [0, 0.05) is 6.04 Å². The van der Waals surface area contributed by atoms with Gasteiger partial charge in [-0.1, -0.05) is 13.0 Å². The Morgan fingerprint density at radius 1 is 1.29 bits per heavy atom. The van der Waals surface area contributed by atoms with E-state index in [2.05, 4.69) is 30.4 Å². The summed E-state index contributed by atoms with van der Waals surface area (Å²) in [6, 6.07) is 7.20. The zero-order valence-electron chi connectivity index (χ0n) is 11.0. The van der Waals surface area contributed by atoms with E-state index in [9.17, 15) is 0 Å². The lowest BCUT2D eigenvalue weighted by Gasteiger charge is -2.26. The molecule has 2 nitrogen and oxygen atoms in total. The van der Waals surface area contributed by atoms with Gasteiger partial charge in [0.25, 0.3) is 0 Å². The molecule has 0 spiro atoms. The first kappa shape index (κ1) is 12.4. The van der Waals surface area contributed by atoms with E-state index < -0.39 is 0 Å². The molecule has 0 saturated heterocycles. The summed E-state index contributed by atoms with van der Waals surface area (Å²) in [4.78, 5) is 0. The standard InChI is InChI=1S/C15H23NO/c1-3-9-16-14-7-5-12-6-8-15(17-4-2)11-13(12)10-14/h6,8,11,14,16H,3-5,7,9-10H2,1-2H3. The first-order chi connectivity index (χ1) is 8.33. The van der Waals surface area contributed by atoms with Crippen molar-refractivity contribution in [2.45, 2.75) is 45.6 Å². The molecule has 0 saturated carbocycles. The highest BCUT2D eigenvalue weighted by atomic mass is 16.5. The molecular formula is C15H23NO. The summed E-state index contributed by atoms with van der Waals surface area (Å²) in [5.41, 5.74) is 2.97. The average molecular weight is 233 g/mol. The third-order valence-corrected chi connectivity index (χ3v) is 3.40. The number of hydrogen-bond donors (Lipinski definition) is 1. The number of fused-ring (bicyclic) bond motifs is 1. The van der Waals surface area contributed by atoms with Gasteiger partial charge in [0.1, 0.15) is 5.75 Å². The Labute approximate surface area is 104 Å². The van der Waals surface area contributed by atoms with Gasteiger partial charge in [-0.3, -0.25) is 0 Å². The van der Waals surface area contributed by atoms with Crippen molar-refractivity contribution in [2.24, 2.45) is 0 Å². The number of benzene rings is 1. The number of ether oxygens (including phenoxy) is 1. The summed E-state index contributed by atoms with van der Waals surface area (Å²) >= 11 is 0. The Kier molecular flexibility index (Phi) is 4.43. The highest BCUT2D eigenvalue weighted by molar-refractivity contribution is 5.37. The lowest BCUT2D eigenvalue weighted by Crippen LogP contribution is -2.34. The van der Waals surface area contributed by atoms with Crippen molar-refractivity contribution in [2.75, 3.05) is 13.2 Å². The molecule has 0 heterocycles. The average Bonchev–Trinajstić information content (AvgIpc) is 2.36. The van der Waals surface area contributed by atoms with E-state index in [4.69, 9.17) is 4.74 Å². The van der Waals surface area contributed by atoms with Gasteiger partial charge in [0.2, 0.25) is 0 Å². The van der Waals surface area contributed by atoms with Crippen molar-refractivity contribution >= 4 is 0 Å². The normalized spacial score (nSPS) is 18.8. The summed E-state index contributed by atoms with van der Waals surface area (Å²) in [7, 11) is 0. The second-order valence-electron chi connectivity index (χ2n) is 4.76. The first-order valence-corrected chi connectivity index (χ1v) is 6.81. The molecule has 94 valence electrons. The van der Waals surface area contributed by atoms with Crippen molar-refractivity contribution in [1.29, 1.82) is 0 Å². The lowest BCUT2D eigenvalue weighted by molar-refractivity contribution is 0.339. The molecule has 1 aromatic carbocycles. The van der Waals surface area contributed by atoms with Crippen LogP contribution in [0.5, 0.6) is 5.75 Å². The van der Waals surface area contributed by atoms with Crippen LogP contribution in [0, 0.1) is 0 Å². The molecule has 0 bridgehead atoms. The van der Waals surface area contributed by atoms with Gasteiger partial charge >= 0.3 is 0 Å². The van der Waals surface area contributed by atoms with Crippen LogP contribution < -0.4 is 10.1 Å². The van der Waals surface area contributed by atoms with Gasteiger partial charge in [0.15, 0.2) is 0 Å². The van der Waals surface area contributed by atoms with Gasteiger partial charge in [-0.25, -0.2) is 0 Å². The van der Waals surface area contributed by atoms with Crippen LogP contribution in [-0.2, 0) is 12.8 Å². The molecule has 0 aromatic heterocycles. The smallest absolute Gasteiger partial charge is 0.119 e. The van der Waals surface area contributed by atoms with Crippen LogP contribution in [-0.4, -0.2) is 19.2 Å². The Bertz CT molecular complexity index is 362. The molecule has 1 unspecified atom stereocenters. The molecule has 1 N–H and O–H groups in total. The van der Waals surface area contributed by atoms with E-state index >= 15 is 0 Å². The highest BCUT2D eigenvalue weighted by Gasteiger charge is 2.18. The third-order valence-electron chi connectivity index (χ3n) is 3.40. The maximum absolute atomic E-state index is 5.57. The van der Waals surface area contributed by atoms with E-state index in [1.54, 1.807) is 0 Å². The molecule has 0 amide bonds. The van der Waals surface area contributed by atoms with Gasteiger partial charge in [-0.05, 0) is 62.4 Å². The number of nitrogens with one attached hydrogen (secondary N) is 1. The largest absolute Gasteiger partial charge is 0.494 e. The fourth-order valence-electron chi connectivity index (χ4n) is 2.51. The monoisotopic (exact) mass is 233 g/mol. The molecule has 0 radical (unpaired) electrons. The van der Waals surface area contributed by atoms with Crippen LogP contribution in [0.3, 0.4) is 0 Å². The first-order valence-electron chi connectivity index (χ1n) is 6.81. The Morgan fingerprint density at radius 3 is 2.94 bits per heavy atom. The van der Waals surface area contributed by atoms with Gasteiger partial charge < -0.3 is 10.1 Å². The second-order valence-corrected chi connectivity index (χ2v) is 4.76. The van der Waals surface area contributed by atoms with E-state index in [0.717, 1.165) is 25.3 Å². The van der Waals surface area contributed by atoms with Gasteiger partial charge in [0.05, 0.1) is 6.61 Å². The molecule has 1 aliphatic rings. The van der Waals surface area contributed by atoms with Crippen LogP contribution in [0.2, 0.25) is 0 Å². The molecular weight excluding hydrogens is 210 g/mol.